The first-order chi connectivity index (χ1) is 14.1. The summed E-state index contributed by atoms with van der Waals surface area (Å²) >= 11 is 12.3. The molecule has 29 heavy (non-hydrogen) atoms. The Bertz CT molecular complexity index is 1440. The molecule has 0 saturated heterocycles. The number of hydrogen-bond donors (Lipinski definition) is 1. The molecule has 0 unspecified atom stereocenters. The van der Waals surface area contributed by atoms with E-state index >= 15 is 0 Å². The van der Waals surface area contributed by atoms with Gasteiger partial charge < -0.3 is 0 Å². The number of halogens is 2. The van der Waals surface area contributed by atoms with Crippen LogP contribution in [0.2, 0.25) is 10.0 Å². The Morgan fingerprint density at radius 1 is 0.759 bits per heavy atom. The van der Waals surface area contributed by atoms with Gasteiger partial charge in [0.1, 0.15) is 5.49 Å². The zero-order valence-corrected chi connectivity index (χ0v) is 16.7. The summed E-state index contributed by atoms with van der Waals surface area (Å²) in [5, 5.41) is 11.8. The zero-order valence-electron chi connectivity index (χ0n) is 15.2. The van der Waals surface area contributed by atoms with Crippen LogP contribution in [0.4, 0.5) is 0 Å². The lowest BCUT2D eigenvalue weighted by Crippen LogP contribution is -2.18. The van der Waals surface area contributed by atoms with E-state index in [1.54, 1.807) is 6.07 Å². The quantitative estimate of drug-likeness (QED) is 0.323. The van der Waals surface area contributed by atoms with E-state index in [0.717, 1.165) is 38.6 Å². The van der Waals surface area contributed by atoms with Crippen molar-refractivity contribution in [2.75, 3.05) is 0 Å². The summed E-state index contributed by atoms with van der Waals surface area (Å²) in [7, 11) is 0. The van der Waals surface area contributed by atoms with Crippen molar-refractivity contribution in [1.29, 1.82) is 5.41 Å². The molecule has 0 radical (unpaired) electrons. The second-order valence-corrected chi connectivity index (χ2v) is 7.71. The molecule has 0 spiro atoms. The van der Waals surface area contributed by atoms with Gasteiger partial charge in [0.2, 0.25) is 0 Å². The first-order valence-electron chi connectivity index (χ1n) is 9.11. The van der Waals surface area contributed by atoms with Crippen LogP contribution >= 0.6 is 23.2 Å². The normalized spacial score (nSPS) is 11.2. The van der Waals surface area contributed by atoms with Crippen LogP contribution in [0.25, 0.3) is 38.6 Å². The molecule has 0 atom stereocenters. The number of nitrogens with one attached hydrogen (secondary N) is 1. The van der Waals surface area contributed by atoms with E-state index in [0.29, 0.717) is 15.5 Å². The lowest BCUT2D eigenvalue weighted by atomic mass is 10.0. The Morgan fingerprint density at radius 3 is 2.34 bits per heavy atom. The SMILES string of the molecule is N=c1ccc2cnc3ccc(-c4ccc(Cl)cc4)cc3c2n1-c1cccc(Cl)c1. The Kier molecular flexibility index (Phi) is 4.35. The molecular weight excluding hydrogens is 401 g/mol. The van der Waals surface area contributed by atoms with Gasteiger partial charge in [0, 0.05) is 32.7 Å². The smallest absolute Gasteiger partial charge is 0.129 e. The van der Waals surface area contributed by atoms with Crippen molar-refractivity contribution in [3.8, 4) is 16.8 Å². The minimum atomic E-state index is 0.379. The molecule has 2 aromatic heterocycles. The van der Waals surface area contributed by atoms with Gasteiger partial charge in [0.05, 0.1) is 11.0 Å². The Balaban J connectivity index is 1.87. The van der Waals surface area contributed by atoms with Crippen molar-refractivity contribution < 1.29 is 0 Å². The third-order valence-electron chi connectivity index (χ3n) is 5.00. The van der Waals surface area contributed by atoms with Crippen molar-refractivity contribution in [2.24, 2.45) is 0 Å². The third-order valence-corrected chi connectivity index (χ3v) is 5.48. The summed E-state index contributed by atoms with van der Waals surface area (Å²) in [6.45, 7) is 0. The van der Waals surface area contributed by atoms with Crippen LogP contribution in [0.15, 0.2) is 85.1 Å². The second kappa shape index (κ2) is 7.03. The first-order valence-corrected chi connectivity index (χ1v) is 9.87. The molecule has 5 aromatic rings. The van der Waals surface area contributed by atoms with Gasteiger partial charge in [-0.25, -0.2) is 0 Å². The van der Waals surface area contributed by atoms with E-state index in [1.807, 2.05) is 71.4 Å². The highest BCUT2D eigenvalue weighted by molar-refractivity contribution is 6.31. The molecular formula is C24H15Cl2N3. The fraction of sp³-hybridized carbons (Fsp3) is 0. The van der Waals surface area contributed by atoms with Crippen LogP contribution in [-0.4, -0.2) is 9.55 Å². The van der Waals surface area contributed by atoms with Crippen molar-refractivity contribution in [3.05, 3.63) is 101 Å². The molecule has 5 heteroatoms. The summed E-state index contributed by atoms with van der Waals surface area (Å²) in [6, 6.07) is 25.2. The van der Waals surface area contributed by atoms with Crippen LogP contribution in [0.3, 0.4) is 0 Å². The molecule has 140 valence electrons. The molecule has 3 aromatic carbocycles. The summed E-state index contributed by atoms with van der Waals surface area (Å²) in [5.74, 6) is 0. The highest BCUT2D eigenvalue weighted by atomic mass is 35.5. The summed E-state index contributed by atoms with van der Waals surface area (Å²) in [4.78, 5) is 4.62. The standard InChI is InChI=1S/C24H15Cl2N3/c25-18-8-4-15(5-9-18)16-6-10-22-21(12-16)24-17(14-28-22)7-11-23(27)29(24)20-3-1-2-19(26)13-20/h1-14,27H. The topological polar surface area (TPSA) is 41.7 Å². The van der Waals surface area contributed by atoms with Crippen LogP contribution in [-0.2, 0) is 0 Å². The van der Waals surface area contributed by atoms with Gasteiger partial charge >= 0.3 is 0 Å². The summed E-state index contributed by atoms with van der Waals surface area (Å²) in [5.41, 5.74) is 5.17. The molecule has 2 heterocycles. The second-order valence-electron chi connectivity index (χ2n) is 6.83. The predicted molar refractivity (Wildman–Crippen MR) is 120 cm³/mol. The van der Waals surface area contributed by atoms with E-state index in [-0.39, 0.29) is 0 Å². The van der Waals surface area contributed by atoms with Gasteiger partial charge in [-0.2, -0.15) is 0 Å². The predicted octanol–water partition coefficient (Wildman–Crippen LogP) is 6.63. The van der Waals surface area contributed by atoms with Crippen LogP contribution in [0.5, 0.6) is 0 Å². The zero-order chi connectivity index (χ0) is 20.0. The average Bonchev–Trinajstić information content (AvgIpc) is 2.73. The van der Waals surface area contributed by atoms with E-state index in [2.05, 4.69) is 17.1 Å². The number of fused-ring (bicyclic) bond motifs is 3. The van der Waals surface area contributed by atoms with Gasteiger partial charge in [0.25, 0.3) is 0 Å². The van der Waals surface area contributed by atoms with Crippen LogP contribution in [0, 0.1) is 5.41 Å². The van der Waals surface area contributed by atoms with E-state index in [4.69, 9.17) is 28.6 Å². The first kappa shape index (κ1) is 17.9. The summed E-state index contributed by atoms with van der Waals surface area (Å²) < 4.78 is 1.91. The maximum atomic E-state index is 8.56. The summed E-state index contributed by atoms with van der Waals surface area (Å²) in [6.07, 6.45) is 1.85. The molecule has 1 N–H and O–H groups in total. The fourth-order valence-electron chi connectivity index (χ4n) is 3.63. The lowest BCUT2D eigenvalue weighted by Gasteiger charge is -2.14. The van der Waals surface area contributed by atoms with Gasteiger partial charge in [-0.3, -0.25) is 15.0 Å². The number of nitrogens with zero attached hydrogens (tertiary/aromatic N) is 2. The maximum Gasteiger partial charge on any atom is 0.129 e. The van der Waals surface area contributed by atoms with Crippen molar-refractivity contribution in [2.45, 2.75) is 0 Å². The molecule has 0 aliphatic rings. The molecule has 0 amide bonds. The minimum Gasteiger partial charge on any atom is -0.294 e. The van der Waals surface area contributed by atoms with Crippen molar-refractivity contribution in [1.82, 2.24) is 9.55 Å². The molecule has 3 nitrogen and oxygen atoms in total. The van der Waals surface area contributed by atoms with E-state index in [9.17, 15) is 0 Å². The fourth-order valence-corrected chi connectivity index (χ4v) is 3.95. The highest BCUT2D eigenvalue weighted by Gasteiger charge is 2.11. The van der Waals surface area contributed by atoms with Crippen LogP contribution < -0.4 is 5.49 Å². The largest absolute Gasteiger partial charge is 0.294 e. The Labute approximate surface area is 177 Å². The minimum absolute atomic E-state index is 0.379. The average molecular weight is 416 g/mol. The van der Waals surface area contributed by atoms with E-state index in [1.165, 1.54) is 0 Å². The van der Waals surface area contributed by atoms with Crippen LogP contribution in [0.1, 0.15) is 0 Å². The Hall–Kier alpha value is -3.14. The van der Waals surface area contributed by atoms with Gasteiger partial charge in [-0.15, -0.1) is 0 Å². The van der Waals surface area contributed by atoms with E-state index < -0.39 is 0 Å². The molecule has 0 saturated carbocycles. The molecule has 0 bridgehead atoms. The number of pyridine rings is 2. The van der Waals surface area contributed by atoms with Crippen molar-refractivity contribution in [3.63, 3.8) is 0 Å². The number of hydrogen-bond acceptors (Lipinski definition) is 2. The molecule has 0 fully saturated rings. The number of aromatic nitrogens is 2. The maximum absolute atomic E-state index is 8.56. The molecule has 0 aliphatic heterocycles. The van der Waals surface area contributed by atoms with Gasteiger partial charge in [-0.1, -0.05) is 47.5 Å². The molecule has 0 aliphatic carbocycles. The monoisotopic (exact) mass is 415 g/mol. The number of rotatable bonds is 2. The third kappa shape index (κ3) is 3.19. The highest BCUT2D eigenvalue weighted by Crippen LogP contribution is 2.30. The van der Waals surface area contributed by atoms with Gasteiger partial charge in [-0.05, 0) is 65.7 Å². The lowest BCUT2D eigenvalue weighted by molar-refractivity contribution is 0.969. The van der Waals surface area contributed by atoms with Gasteiger partial charge in [0.15, 0.2) is 0 Å². The number of benzene rings is 3. The Morgan fingerprint density at radius 2 is 1.55 bits per heavy atom. The molecule has 5 rings (SSSR count). The van der Waals surface area contributed by atoms with Crippen molar-refractivity contribution >= 4 is 45.0 Å².